The highest BCUT2D eigenvalue weighted by Crippen LogP contribution is 2.20. The molecule has 0 bridgehead atoms. The molecule has 0 saturated heterocycles. The third-order valence-corrected chi connectivity index (χ3v) is 4.28. The second-order valence-corrected chi connectivity index (χ2v) is 6.58. The van der Waals surface area contributed by atoms with Gasteiger partial charge >= 0.3 is 0 Å². The number of aryl methyl sites for hydroxylation is 2. The van der Waals surface area contributed by atoms with Crippen molar-refractivity contribution in [2.24, 2.45) is 0 Å². The number of hydrogen-bond donors (Lipinski definition) is 2. The zero-order chi connectivity index (χ0) is 19.9. The molecule has 140 valence electrons. The molecule has 0 unspecified atom stereocenters. The van der Waals surface area contributed by atoms with Gasteiger partial charge in [0.05, 0.1) is 0 Å². The van der Waals surface area contributed by atoms with Crippen LogP contribution in [0.1, 0.15) is 27.0 Å². The van der Waals surface area contributed by atoms with Gasteiger partial charge in [-0.1, -0.05) is 48.0 Å². The largest absolute Gasteiger partial charge is 0.323 e. The summed E-state index contributed by atoms with van der Waals surface area (Å²) < 4.78 is 0. The molecule has 0 atom stereocenters. The lowest BCUT2D eigenvalue weighted by molar-refractivity contribution is -0.111. The summed E-state index contributed by atoms with van der Waals surface area (Å²) in [6.45, 7) is 3.91. The van der Waals surface area contributed by atoms with Crippen molar-refractivity contribution in [3.05, 3.63) is 101 Å². The first-order valence-electron chi connectivity index (χ1n) is 9.04. The van der Waals surface area contributed by atoms with Crippen molar-refractivity contribution in [2.75, 3.05) is 10.6 Å². The topological polar surface area (TPSA) is 58.2 Å². The second-order valence-electron chi connectivity index (χ2n) is 6.58. The van der Waals surface area contributed by atoms with Crippen molar-refractivity contribution in [3.8, 4) is 0 Å². The number of nitrogens with one attached hydrogen (secondary N) is 2. The minimum atomic E-state index is -0.207. The van der Waals surface area contributed by atoms with Gasteiger partial charge in [0.2, 0.25) is 5.91 Å². The molecular formula is C24H22N2O2. The Morgan fingerprint density at radius 3 is 2.21 bits per heavy atom. The molecule has 0 aliphatic carbocycles. The fraction of sp³-hybridized carbons (Fsp3) is 0.0833. The normalized spacial score (nSPS) is 10.6. The van der Waals surface area contributed by atoms with E-state index in [2.05, 4.69) is 10.6 Å². The Kier molecular flexibility index (Phi) is 6.02. The van der Waals surface area contributed by atoms with E-state index in [9.17, 15) is 9.59 Å². The minimum absolute atomic E-state index is 0.165. The fourth-order valence-electron chi connectivity index (χ4n) is 2.70. The van der Waals surface area contributed by atoms with E-state index < -0.39 is 0 Å². The predicted molar refractivity (Wildman–Crippen MR) is 114 cm³/mol. The molecule has 3 aromatic carbocycles. The zero-order valence-corrected chi connectivity index (χ0v) is 15.9. The van der Waals surface area contributed by atoms with E-state index >= 15 is 0 Å². The number of rotatable bonds is 5. The van der Waals surface area contributed by atoms with Gasteiger partial charge < -0.3 is 10.6 Å². The summed E-state index contributed by atoms with van der Waals surface area (Å²) in [6, 6.07) is 22.4. The summed E-state index contributed by atoms with van der Waals surface area (Å²) in [5.74, 6) is -0.373. The van der Waals surface area contributed by atoms with Crippen LogP contribution in [-0.2, 0) is 4.79 Å². The molecule has 0 fully saturated rings. The van der Waals surface area contributed by atoms with E-state index in [0.29, 0.717) is 16.9 Å². The van der Waals surface area contributed by atoms with Crippen molar-refractivity contribution in [3.63, 3.8) is 0 Å². The summed E-state index contributed by atoms with van der Waals surface area (Å²) in [6.07, 6.45) is 3.28. The Labute approximate surface area is 164 Å². The average molecular weight is 370 g/mol. The molecule has 0 heterocycles. The molecule has 28 heavy (non-hydrogen) atoms. The molecule has 2 N–H and O–H groups in total. The Morgan fingerprint density at radius 2 is 1.54 bits per heavy atom. The number of hydrogen-bond acceptors (Lipinski definition) is 2. The van der Waals surface area contributed by atoms with Gasteiger partial charge in [-0.25, -0.2) is 0 Å². The summed E-state index contributed by atoms with van der Waals surface area (Å²) in [7, 11) is 0. The molecule has 0 spiro atoms. The maximum absolute atomic E-state index is 12.3. The Hall–Kier alpha value is -3.66. The SMILES string of the molecule is Cc1ccc(/C=C/C(=O)Nc2ccc(NC(=O)c3ccccc3)c(C)c2)cc1. The van der Waals surface area contributed by atoms with Gasteiger partial charge in [-0.05, 0) is 61.4 Å². The number of amides is 2. The van der Waals surface area contributed by atoms with Crippen LogP contribution in [0.25, 0.3) is 6.08 Å². The maximum Gasteiger partial charge on any atom is 0.255 e. The average Bonchev–Trinajstić information content (AvgIpc) is 2.70. The minimum Gasteiger partial charge on any atom is -0.323 e. The van der Waals surface area contributed by atoms with Gasteiger partial charge in [0.1, 0.15) is 0 Å². The number of carbonyl (C=O) groups is 2. The van der Waals surface area contributed by atoms with Crippen LogP contribution in [0, 0.1) is 13.8 Å². The van der Waals surface area contributed by atoms with Crippen LogP contribution < -0.4 is 10.6 Å². The summed E-state index contributed by atoms with van der Waals surface area (Å²) in [4.78, 5) is 24.4. The summed E-state index contributed by atoms with van der Waals surface area (Å²) in [5.41, 5.74) is 4.99. The highest BCUT2D eigenvalue weighted by molar-refractivity contribution is 6.05. The van der Waals surface area contributed by atoms with E-state index in [0.717, 1.165) is 11.1 Å². The van der Waals surface area contributed by atoms with Crippen molar-refractivity contribution in [2.45, 2.75) is 13.8 Å². The quantitative estimate of drug-likeness (QED) is 0.606. The Balaban J connectivity index is 1.62. The highest BCUT2D eigenvalue weighted by Gasteiger charge is 2.08. The molecule has 4 heteroatoms. The van der Waals surface area contributed by atoms with Crippen LogP contribution in [0.2, 0.25) is 0 Å². The Bertz CT molecular complexity index is 1010. The molecule has 0 aliphatic heterocycles. The molecule has 3 rings (SSSR count). The third-order valence-electron chi connectivity index (χ3n) is 4.28. The van der Waals surface area contributed by atoms with Crippen LogP contribution in [0.3, 0.4) is 0 Å². The van der Waals surface area contributed by atoms with E-state index in [1.54, 1.807) is 30.3 Å². The molecule has 2 amide bonds. The van der Waals surface area contributed by atoms with E-state index in [1.807, 2.05) is 62.4 Å². The first-order chi connectivity index (χ1) is 13.5. The molecule has 0 saturated carbocycles. The number of anilines is 2. The van der Waals surface area contributed by atoms with Gasteiger partial charge in [0.25, 0.3) is 5.91 Å². The van der Waals surface area contributed by atoms with Gasteiger partial charge in [-0.2, -0.15) is 0 Å². The summed E-state index contributed by atoms with van der Waals surface area (Å²) >= 11 is 0. The van der Waals surface area contributed by atoms with Crippen molar-refractivity contribution in [1.82, 2.24) is 0 Å². The first kappa shape index (κ1) is 19.1. The van der Waals surface area contributed by atoms with Gasteiger partial charge in [0, 0.05) is 23.0 Å². The van der Waals surface area contributed by atoms with Crippen molar-refractivity contribution in [1.29, 1.82) is 0 Å². The molecular weight excluding hydrogens is 348 g/mol. The van der Waals surface area contributed by atoms with E-state index in [4.69, 9.17) is 0 Å². The molecule has 3 aromatic rings. The number of carbonyl (C=O) groups excluding carboxylic acids is 2. The lowest BCUT2D eigenvalue weighted by Gasteiger charge is -2.10. The molecule has 4 nitrogen and oxygen atoms in total. The smallest absolute Gasteiger partial charge is 0.255 e. The lowest BCUT2D eigenvalue weighted by Crippen LogP contribution is -2.13. The third kappa shape index (κ3) is 5.17. The zero-order valence-electron chi connectivity index (χ0n) is 15.9. The van der Waals surface area contributed by atoms with Crippen molar-refractivity contribution < 1.29 is 9.59 Å². The van der Waals surface area contributed by atoms with Crippen LogP contribution >= 0.6 is 0 Å². The standard InChI is InChI=1S/C24H22N2O2/c1-17-8-10-19(11-9-17)12-15-23(27)25-21-13-14-22(18(2)16-21)26-24(28)20-6-4-3-5-7-20/h3-16H,1-2H3,(H,25,27)(H,26,28)/b15-12+. The van der Waals surface area contributed by atoms with Crippen LogP contribution in [0.5, 0.6) is 0 Å². The van der Waals surface area contributed by atoms with Gasteiger partial charge in [0.15, 0.2) is 0 Å². The lowest BCUT2D eigenvalue weighted by atomic mass is 10.1. The first-order valence-corrected chi connectivity index (χ1v) is 9.04. The summed E-state index contributed by atoms with van der Waals surface area (Å²) in [5, 5.41) is 5.73. The van der Waals surface area contributed by atoms with Crippen LogP contribution in [0.4, 0.5) is 11.4 Å². The van der Waals surface area contributed by atoms with Gasteiger partial charge in [-0.15, -0.1) is 0 Å². The highest BCUT2D eigenvalue weighted by atomic mass is 16.2. The molecule has 0 radical (unpaired) electrons. The second kappa shape index (κ2) is 8.82. The Morgan fingerprint density at radius 1 is 0.821 bits per heavy atom. The van der Waals surface area contributed by atoms with E-state index in [-0.39, 0.29) is 11.8 Å². The van der Waals surface area contributed by atoms with Crippen LogP contribution in [-0.4, -0.2) is 11.8 Å². The van der Waals surface area contributed by atoms with Crippen LogP contribution in [0.15, 0.2) is 78.9 Å². The number of benzene rings is 3. The molecule has 0 aliphatic rings. The predicted octanol–water partition coefficient (Wildman–Crippen LogP) is 5.21. The van der Waals surface area contributed by atoms with E-state index in [1.165, 1.54) is 11.6 Å². The molecule has 0 aromatic heterocycles. The fourth-order valence-corrected chi connectivity index (χ4v) is 2.70. The van der Waals surface area contributed by atoms with Gasteiger partial charge in [-0.3, -0.25) is 9.59 Å². The monoisotopic (exact) mass is 370 g/mol. The maximum atomic E-state index is 12.3. The van der Waals surface area contributed by atoms with Crippen molar-refractivity contribution >= 4 is 29.3 Å².